The summed E-state index contributed by atoms with van der Waals surface area (Å²) in [4.78, 5) is 12.6. The van der Waals surface area contributed by atoms with Crippen LogP contribution in [0.2, 0.25) is 0 Å². The number of nitrogens with two attached hydrogens (primary N) is 1. The highest BCUT2D eigenvalue weighted by Crippen LogP contribution is 2.32. The van der Waals surface area contributed by atoms with Crippen LogP contribution in [0.4, 0.5) is 5.69 Å². The zero-order valence-electron chi connectivity index (χ0n) is 15.6. The predicted octanol–water partition coefficient (Wildman–Crippen LogP) is 3.25. The highest BCUT2D eigenvalue weighted by molar-refractivity contribution is 7.91. The van der Waals surface area contributed by atoms with Gasteiger partial charge in [0.05, 0.1) is 16.4 Å². The van der Waals surface area contributed by atoms with E-state index in [4.69, 9.17) is 5.73 Å². The van der Waals surface area contributed by atoms with Crippen LogP contribution in [0.25, 0.3) is 0 Å². The molecule has 1 aromatic rings. The van der Waals surface area contributed by atoms with E-state index in [-0.39, 0.29) is 17.6 Å². The van der Waals surface area contributed by atoms with Gasteiger partial charge in [0.25, 0.3) is 0 Å². The van der Waals surface area contributed by atoms with Gasteiger partial charge in [-0.3, -0.25) is 4.79 Å². The molecular weight excluding hydrogens is 336 g/mol. The Morgan fingerprint density at radius 2 is 2.00 bits per heavy atom. The number of hydrogen-bond acceptors (Lipinski definition) is 4. The van der Waals surface area contributed by atoms with E-state index in [0.29, 0.717) is 11.3 Å². The molecule has 1 aliphatic carbocycles. The van der Waals surface area contributed by atoms with Crippen LogP contribution < -0.4 is 11.1 Å². The Hall–Kier alpha value is -1.40. The normalized spacial score (nSPS) is 24.8. The minimum Gasteiger partial charge on any atom is -0.326 e. The molecule has 0 aromatic heterocycles. The minimum absolute atomic E-state index is 0.0434. The summed E-state index contributed by atoms with van der Waals surface area (Å²) >= 11 is 0. The van der Waals surface area contributed by atoms with E-state index in [9.17, 15) is 13.2 Å². The second-order valence-corrected chi connectivity index (χ2v) is 11.1. The molecule has 0 spiro atoms. The van der Waals surface area contributed by atoms with Crippen LogP contribution in [-0.2, 0) is 20.4 Å². The number of sulfone groups is 1. The first-order chi connectivity index (χ1) is 11.4. The van der Waals surface area contributed by atoms with Gasteiger partial charge < -0.3 is 11.1 Å². The molecule has 1 aliphatic rings. The van der Waals surface area contributed by atoms with Crippen molar-refractivity contribution in [3.63, 3.8) is 0 Å². The van der Waals surface area contributed by atoms with Gasteiger partial charge in [-0.15, -0.1) is 0 Å². The zero-order valence-corrected chi connectivity index (χ0v) is 16.4. The van der Waals surface area contributed by atoms with Crippen LogP contribution in [-0.4, -0.2) is 24.6 Å². The first kappa shape index (κ1) is 19.9. The first-order valence-corrected chi connectivity index (χ1v) is 10.5. The lowest BCUT2D eigenvalue weighted by atomic mass is 9.74. The van der Waals surface area contributed by atoms with Gasteiger partial charge in [0.2, 0.25) is 5.91 Å². The number of benzene rings is 1. The summed E-state index contributed by atoms with van der Waals surface area (Å²) in [5.74, 6) is -0.345. The third-order valence-electron chi connectivity index (χ3n) is 5.06. The SMILES string of the molecule is CC1(N)CCCCC1C(=O)Nc1cccc(CS(=O)(=O)C(C)(C)C)c1. The van der Waals surface area contributed by atoms with Crippen molar-refractivity contribution in [3.8, 4) is 0 Å². The highest BCUT2D eigenvalue weighted by atomic mass is 32.2. The molecule has 140 valence electrons. The van der Waals surface area contributed by atoms with Crippen LogP contribution in [0.1, 0.15) is 58.9 Å². The molecule has 6 heteroatoms. The fourth-order valence-corrected chi connectivity index (χ4v) is 4.24. The van der Waals surface area contributed by atoms with Crippen molar-refractivity contribution in [2.75, 3.05) is 5.32 Å². The van der Waals surface area contributed by atoms with E-state index in [2.05, 4.69) is 5.32 Å². The van der Waals surface area contributed by atoms with Gasteiger partial charge in [0, 0.05) is 11.2 Å². The number of nitrogens with one attached hydrogen (secondary N) is 1. The molecule has 0 bridgehead atoms. The van der Waals surface area contributed by atoms with E-state index < -0.39 is 20.1 Å². The molecule has 5 nitrogen and oxygen atoms in total. The maximum atomic E-state index is 12.6. The lowest BCUT2D eigenvalue weighted by molar-refractivity contribution is -0.122. The number of carbonyl (C=O) groups excluding carboxylic acids is 1. The molecular formula is C19H30N2O3S. The van der Waals surface area contributed by atoms with Crippen LogP contribution in [0.5, 0.6) is 0 Å². The monoisotopic (exact) mass is 366 g/mol. The maximum Gasteiger partial charge on any atom is 0.229 e. The van der Waals surface area contributed by atoms with Crippen molar-refractivity contribution < 1.29 is 13.2 Å². The van der Waals surface area contributed by atoms with E-state index in [0.717, 1.165) is 25.7 Å². The number of hydrogen-bond donors (Lipinski definition) is 2. The second kappa shape index (κ2) is 7.08. The molecule has 0 aliphatic heterocycles. The van der Waals surface area contributed by atoms with Crippen molar-refractivity contribution in [2.45, 2.75) is 69.4 Å². The molecule has 2 unspecified atom stereocenters. The van der Waals surface area contributed by atoms with Gasteiger partial charge in [-0.25, -0.2) is 8.42 Å². The molecule has 1 saturated carbocycles. The topological polar surface area (TPSA) is 89.3 Å². The Morgan fingerprint density at radius 1 is 1.32 bits per heavy atom. The molecule has 2 atom stereocenters. The largest absolute Gasteiger partial charge is 0.326 e. The molecule has 0 radical (unpaired) electrons. The van der Waals surface area contributed by atoms with Crippen LogP contribution in [0, 0.1) is 5.92 Å². The fraction of sp³-hybridized carbons (Fsp3) is 0.632. The Labute approximate surface area is 151 Å². The molecule has 0 saturated heterocycles. The van der Waals surface area contributed by atoms with Crippen molar-refractivity contribution in [1.29, 1.82) is 0 Å². The third kappa shape index (κ3) is 4.82. The quantitative estimate of drug-likeness (QED) is 0.856. The number of rotatable bonds is 4. The standard InChI is InChI=1S/C19H30N2O3S/c1-18(2,3)25(23,24)13-14-8-7-9-15(12-14)21-17(22)16-10-5-6-11-19(16,4)20/h7-9,12,16H,5-6,10-11,13,20H2,1-4H3,(H,21,22). The van der Waals surface area contributed by atoms with Gasteiger partial charge in [0.1, 0.15) is 0 Å². The van der Waals surface area contributed by atoms with Crippen LogP contribution >= 0.6 is 0 Å². The molecule has 0 heterocycles. The Bertz CT molecular complexity index is 733. The Morgan fingerprint density at radius 3 is 2.60 bits per heavy atom. The molecule has 1 amide bonds. The second-order valence-electron chi connectivity index (χ2n) is 8.37. The van der Waals surface area contributed by atoms with Crippen LogP contribution in [0.15, 0.2) is 24.3 Å². The van der Waals surface area contributed by atoms with E-state index in [1.54, 1.807) is 45.0 Å². The molecule has 2 rings (SSSR count). The molecule has 1 aromatic carbocycles. The smallest absolute Gasteiger partial charge is 0.229 e. The summed E-state index contributed by atoms with van der Waals surface area (Å²) in [7, 11) is -3.27. The summed E-state index contributed by atoms with van der Waals surface area (Å²) in [6.07, 6.45) is 3.69. The Kier molecular flexibility index (Phi) is 5.64. The third-order valence-corrected chi connectivity index (χ3v) is 7.63. The number of amides is 1. The van der Waals surface area contributed by atoms with Crippen molar-refractivity contribution >= 4 is 21.4 Å². The summed E-state index contributed by atoms with van der Waals surface area (Å²) < 4.78 is 24.0. The van der Waals surface area contributed by atoms with Crippen molar-refractivity contribution in [3.05, 3.63) is 29.8 Å². The molecule has 3 N–H and O–H groups in total. The van der Waals surface area contributed by atoms with Gasteiger partial charge in [-0.2, -0.15) is 0 Å². The summed E-state index contributed by atoms with van der Waals surface area (Å²) in [5, 5.41) is 2.92. The lowest BCUT2D eigenvalue weighted by Gasteiger charge is -2.37. The van der Waals surface area contributed by atoms with Crippen LogP contribution in [0.3, 0.4) is 0 Å². The average Bonchev–Trinajstić information content (AvgIpc) is 2.45. The summed E-state index contributed by atoms with van der Waals surface area (Å²) in [5.41, 5.74) is 7.10. The lowest BCUT2D eigenvalue weighted by Crippen LogP contribution is -2.51. The summed E-state index contributed by atoms with van der Waals surface area (Å²) in [6, 6.07) is 7.05. The van der Waals surface area contributed by atoms with Gasteiger partial charge in [-0.05, 0) is 58.2 Å². The average molecular weight is 367 g/mol. The number of anilines is 1. The fourth-order valence-electron chi connectivity index (χ4n) is 3.19. The van der Waals surface area contributed by atoms with Gasteiger partial charge in [0.15, 0.2) is 9.84 Å². The summed E-state index contributed by atoms with van der Waals surface area (Å²) in [6.45, 7) is 7.01. The Balaban J connectivity index is 2.13. The maximum absolute atomic E-state index is 12.6. The van der Waals surface area contributed by atoms with E-state index in [1.807, 2.05) is 6.92 Å². The predicted molar refractivity (Wildman–Crippen MR) is 102 cm³/mol. The highest BCUT2D eigenvalue weighted by Gasteiger charge is 2.37. The molecule has 25 heavy (non-hydrogen) atoms. The zero-order chi connectivity index (χ0) is 18.9. The number of carbonyl (C=O) groups is 1. The van der Waals surface area contributed by atoms with Crippen molar-refractivity contribution in [1.82, 2.24) is 0 Å². The first-order valence-electron chi connectivity index (χ1n) is 8.83. The van der Waals surface area contributed by atoms with Gasteiger partial charge in [-0.1, -0.05) is 25.0 Å². The van der Waals surface area contributed by atoms with E-state index >= 15 is 0 Å². The van der Waals surface area contributed by atoms with Crippen molar-refractivity contribution in [2.24, 2.45) is 11.7 Å². The van der Waals surface area contributed by atoms with Gasteiger partial charge >= 0.3 is 0 Å². The minimum atomic E-state index is -3.27. The molecule has 1 fully saturated rings. The van der Waals surface area contributed by atoms with E-state index in [1.165, 1.54) is 0 Å².